The molecule has 0 bridgehead atoms. The van der Waals surface area contributed by atoms with E-state index in [1.807, 2.05) is 0 Å². The molecule has 0 spiro atoms. The summed E-state index contributed by atoms with van der Waals surface area (Å²) >= 11 is 5.91. The summed E-state index contributed by atoms with van der Waals surface area (Å²) < 4.78 is 5.35. The number of rotatable bonds is 6. The number of piperazine rings is 1. The lowest BCUT2D eigenvalue weighted by Gasteiger charge is -2.43. The molecule has 1 aromatic heterocycles. The summed E-state index contributed by atoms with van der Waals surface area (Å²) in [6.07, 6.45) is 0. The molecule has 0 unspecified atom stereocenters. The molecule has 1 aliphatic heterocycles. The summed E-state index contributed by atoms with van der Waals surface area (Å²) in [4.78, 5) is 16.5. The molecular weight excluding hydrogens is 368 g/mol. The fourth-order valence-electron chi connectivity index (χ4n) is 3.23. The second kappa shape index (κ2) is 7.88. The van der Waals surface area contributed by atoms with E-state index in [0.29, 0.717) is 17.1 Å². The normalized spacial score (nSPS) is 16.4. The number of carboxylic acids is 1. The van der Waals surface area contributed by atoms with Gasteiger partial charge in [-0.15, -0.1) is 0 Å². The molecule has 3 rings (SSSR count). The summed E-state index contributed by atoms with van der Waals surface area (Å²) in [5, 5.41) is 17.4. The Kier molecular flexibility index (Phi) is 5.74. The Bertz CT molecular complexity index is 796. The monoisotopic (exact) mass is 392 g/mol. The highest BCUT2D eigenvalue weighted by molar-refractivity contribution is 6.30. The highest BCUT2D eigenvalue weighted by Crippen LogP contribution is 2.30. The fraction of sp³-hybridized carbons (Fsp3) is 0.474. The number of anilines is 1. The maximum absolute atomic E-state index is 11.8. The lowest BCUT2D eigenvalue weighted by Crippen LogP contribution is -2.56. The highest BCUT2D eigenvalue weighted by Gasteiger charge is 2.31. The molecule has 1 fully saturated rings. The molecule has 2 heterocycles. The Morgan fingerprint density at radius 2 is 1.89 bits per heavy atom. The van der Waals surface area contributed by atoms with Gasteiger partial charge in [-0.1, -0.05) is 16.8 Å². The number of carbonyl (C=O) groups is 1. The third-order valence-corrected chi connectivity index (χ3v) is 5.31. The molecule has 1 aromatic carbocycles. The molecule has 1 saturated heterocycles. The van der Waals surface area contributed by atoms with Crippen molar-refractivity contribution in [2.75, 3.05) is 45.1 Å². The van der Waals surface area contributed by atoms with Gasteiger partial charge in [0.25, 0.3) is 0 Å². The predicted molar refractivity (Wildman–Crippen MR) is 106 cm³/mol. The highest BCUT2D eigenvalue weighted by atomic mass is 35.5. The van der Waals surface area contributed by atoms with Gasteiger partial charge in [-0.05, 0) is 45.2 Å². The van der Waals surface area contributed by atoms with Crippen LogP contribution in [0.4, 0.5) is 5.82 Å². The molecule has 8 heteroatoms. The smallest absolute Gasteiger partial charge is 0.343 e. The van der Waals surface area contributed by atoms with Gasteiger partial charge < -0.3 is 19.8 Å². The first kappa shape index (κ1) is 19.7. The van der Waals surface area contributed by atoms with Crippen LogP contribution in [-0.2, 0) is 0 Å². The van der Waals surface area contributed by atoms with Crippen LogP contribution in [0.15, 0.2) is 28.8 Å². The molecular formula is C19H25ClN4O3. The number of aromatic nitrogens is 1. The van der Waals surface area contributed by atoms with E-state index in [0.717, 1.165) is 26.2 Å². The van der Waals surface area contributed by atoms with E-state index < -0.39 is 5.97 Å². The minimum Gasteiger partial charge on any atom is -0.477 e. The minimum absolute atomic E-state index is 0.0338. The molecule has 27 heavy (non-hydrogen) atoms. The van der Waals surface area contributed by atoms with E-state index in [-0.39, 0.29) is 22.7 Å². The van der Waals surface area contributed by atoms with Crippen molar-refractivity contribution in [2.45, 2.75) is 19.4 Å². The van der Waals surface area contributed by atoms with Crippen LogP contribution in [0, 0.1) is 0 Å². The quantitative estimate of drug-likeness (QED) is 0.781. The minimum atomic E-state index is -1.08. The third kappa shape index (κ3) is 4.43. The Morgan fingerprint density at radius 1 is 1.26 bits per heavy atom. The molecule has 0 radical (unpaired) electrons. The molecule has 2 N–H and O–H groups in total. The summed E-state index contributed by atoms with van der Waals surface area (Å²) in [7, 11) is 2.12. The standard InChI is InChI=1S/C19H25ClN4O3/c1-19(2,24-10-8-23(3)9-11-24)12-21-17-15(18(25)26)16(27-22-17)13-4-6-14(20)7-5-13/h4-7H,8-12H2,1-3H3,(H,21,22)(H,25,26). The largest absolute Gasteiger partial charge is 0.477 e. The van der Waals surface area contributed by atoms with Crippen molar-refractivity contribution in [3.05, 3.63) is 34.9 Å². The van der Waals surface area contributed by atoms with E-state index in [1.165, 1.54) is 0 Å². The van der Waals surface area contributed by atoms with Gasteiger partial charge in [-0.3, -0.25) is 4.90 Å². The van der Waals surface area contributed by atoms with Crippen molar-refractivity contribution in [3.8, 4) is 11.3 Å². The first-order chi connectivity index (χ1) is 12.8. The molecule has 0 amide bonds. The molecule has 0 aliphatic carbocycles. The molecule has 1 aliphatic rings. The van der Waals surface area contributed by atoms with Gasteiger partial charge >= 0.3 is 5.97 Å². The second-order valence-corrected chi connectivity index (χ2v) is 7.94. The van der Waals surface area contributed by atoms with Gasteiger partial charge in [0.15, 0.2) is 17.1 Å². The maximum atomic E-state index is 11.8. The second-order valence-electron chi connectivity index (χ2n) is 7.50. The number of benzene rings is 1. The average molecular weight is 393 g/mol. The van der Waals surface area contributed by atoms with Crippen LogP contribution in [0.2, 0.25) is 5.02 Å². The fourth-order valence-corrected chi connectivity index (χ4v) is 3.36. The topological polar surface area (TPSA) is 81.8 Å². The SMILES string of the molecule is CN1CCN(C(C)(C)CNc2noc(-c3ccc(Cl)cc3)c2C(=O)O)CC1. The van der Waals surface area contributed by atoms with E-state index in [2.05, 4.69) is 41.2 Å². The Balaban J connectivity index is 1.77. The number of halogens is 1. The van der Waals surface area contributed by atoms with Crippen LogP contribution in [0.5, 0.6) is 0 Å². The van der Waals surface area contributed by atoms with Crippen molar-refractivity contribution in [3.63, 3.8) is 0 Å². The van der Waals surface area contributed by atoms with Crippen LogP contribution in [0.3, 0.4) is 0 Å². The van der Waals surface area contributed by atoms with Crippen molar-refractivity contribution in [1.29, 1.82) is 0 Å². The first-order valence-electron chi connectivity index (χ1n) is 8.94. The Labute approximate surface area is 163 Å². The Hall–Kier alpha value is -2.09. The summed E-state index contributed by atoms with van der Waals surface area (Å²) in [5.74, 6) is -0.616. The molecule has 7 nitrogen and oxygen atoms in total. The van der Waals surface area contributed by atoms with Crippen LogP contribution in [0.25, 0.3) is 11.3 Å². The van der Waals surface area contributed by atoms with Crippen molar-refractivity contribution >= 4 is 23.4 Å². The van der Waals surface area contributed by atoms with Crippen molar-refractivity contribution in [2.24, 2.45) is 0 Å². The number of carboxylic acid groups (broad SMARTS) is 1. The predicted octanol–water partition coefficient (Wildman–Crippen LogP) is 3.13. The van der Waals surface area contributed by atoms with Crippen LogP contribution < -0.4 is 5.32 Å². The number of nitrogens with one attached hydrogen (secondary N) is 1. The van der Waals surface area contributed by atoms with Crippen molar-refractivity contribution in [1.82, 2.24) is 15.0 Å². The molecule has 0 saturated carbocycles. The summed E-state index contributed by atoms with van der Waals surface area (Å²) in [6, 6.07) is 6.81. The van der Waals surface area contributed by atoms with E-state index in [4.69, 9.17) is 16.1 Å². The number of nitrogens with zero attached hydrogens (tertiary/aromatic N) is 3. The van der Waals surface area contributed by atoms with Gasteiger partial charge in [-0.25, -0.2) is 4.79 Å². The molecule has 2 aromatic rings. The van der Waals surface area contributed by atoms with Gasteiger partial charge in [-0.2, -0.15) is 0 Å². The Morgan fingerprint density at radius 3 is 2.48 bits per heavy atom. The van der Waals surface area contributed by atoms with Gasteiger partial charge in [0.05, 0.1) is 0 Å². The molecule has 0 atom stereocenters. The maximum Gasteiger partial charge on any atom is 0.343 e. The van der Waals surface area contributed by atoms with E-state index >= 15 is 0 Å². The van der Waals surface area contributed by atoms with E-state index in [1.54, 1.807) is 24.3 Å². The van der Waals surface area contributed by atoms with Gasteiger partial charge in [0, 0.05) is 48.8 Å². The summed E-state index contributed by atoms with van der Waals surface area (Å²) in [5.41, 5.74) is 0.512. The van der Waals surface area contributed by atoms with Gasteiger partial charge in [0.1, 0.15) is 0 Å². The van der Waals surface area contributed by atoms with Gasteiger partial charge in [0.2, 0.25) is 0 Å². The average Bonchev–Trinajstić information content (AvgIpc) is 3.05. The zero-order chi connectivity index (χ0) is 19.6. The number of hydrogen-bond acceptors (Lipinski definition) is 6. The van der Waals surface area contributed by atoms with Crippen LogP contribution in [-0.4, -0.2) is 71.3 Å². The van der Waals surface area contributed by atoms with Crippen LogP contribution >= 0.6 is 11.6 Å². The van der Waals surface area contributed by atoms with Crippen LogP contribution in [0.1, 0.15) is 24.2 Å². The molecule has 146 valence electrons. The van der Waals surface area contributed by atoms with E-state index in [9.17, 15) is 9.90 Å². The lowest BCUT2D eigenvalue weighted by atomic mass is 10.0. The zero-order valence-electron chi connectivity index (χ0n) is 15.8. The van der Waals surface area contributed by atoms with Crippen molar-refractivity contribution < 1.29 is 14.4 Å². The zero-order valence-corrected chi connectivity index (χ0v) is 16.6. The first-order valence-corrected chi connectivity index (χ1v) is 9.32. The number of aromatic carboxylic acids is 1. The number of hydrogen-bond donors (Lipinski definition) is 2. The third-order valence-electron chi connectivity index (χ3n) is 5.06. The lowest BCUT2D eigenvalue weighted by molar-refractivity contribution is 0.0686. The summed E-state index contributed by atoms with van der Waals surface area (Å²) in [6.45, 7) is 8.85. The number of likely N-dealkylation sites (N-methyl/N-ethyl adjacent to an activating group) is 1.